The molecule has 2 aromatic rings. The van der Waals surface area contributed by atoms with Crippen molar-refractivity contribution in [3.63, 3.8) is 0 Å². The fourth-order valence-corrected chi connectivity index (χ4v) is 4.64. The standard InChI is InChI=1S/C25H34N2O3/c1-28-22-10-8-21(9-11-22)27-16-18-13-20(17-26-15-18)19-7-12-24(29-2)25(14-19)30-23-5-3-4-6-23/h7-12,14,18,20,23,26-27H,3-6,13,15-17H2,1-2H3/t18-,20+/m0/s1. The van der Waals surface area contributed by atoms with Crippen LogP contribution in [-0.4, -0.2) is 40.0 Å². The zero-order valence-corrected chi connectivity index (χ0v) is 18.2. The third kappa shape index (κ3) is 5.20. The monoisotopic (exact) mass is 410 g/mol. The topological polar surface area (TPSA) is 51.8 Å². The first-order valence-corrected chi connectivity index (χ1v) is 11.2. The van der Waals surface area contributed by atoms with E-state index in [2.05, 4.69) is 41.0 Å². The Labute approximate surface area is 180 Å². The third-order valence-electron chi connectivity index (χ3n) is 6.38. The van der Waals surface area contributed by atoms with E-state index in [0.717, 1.165) is 61.8 Å². The van der Waals surface area contributed by atoms with Gasteiger partial charge in [-0.25, -0.2) is 0 Å². The van der Waals surface area contributed by atoms with Gasteiger partial charge in [0.1, 0.15) is 5.75 Å². The van der Waals surface area contributed by atoms with Crippen molar-refractivity contribution in [2.24, 2.45) is 5.92 Å². The van der Waals surface area contributed by atoms with Crippen LogP contribution in [0.4, 0.5) is 5.69 Å². The zero-order chi connectivity index (χ0) is 20.8. The van der Waals surface area contributed by atoms with Gasteiger partial charge in [-0.05, 0) is 92.4 Å². The van der Waals surface area contributed by atoms with Gasteiger partial charge in [0.25, 0.3) is 0 Å². The summed E-state index contributed by atoms with van der Waals surface area (Å²) < 4.78 is 17.1. The van der Waals surface area contributed by atoms with Crippen LogP contribution in [0.3, 0.4) is 0 Å². The van der Waals surface area contributed by atoms with Crippen molar-refractivity contribution in [2.45, 2.75) is 44.1 Å². The summed E-state index contributed by atoms with van der Waals surface area (Å²) in [5, 5.41) is 7.20. The molecule has 30 heavy (non-hydrogen) atoms. The molecule has 5 nitrogen and oxygen atoms in total. The molecule has 0 spiro atoms. The van der Waals surface area contributed by atoms with Crippen LogP contribution >= 0.6 is 0 Å². The molecule has 1 saturated carbocycles. The van der Waals surface area contributed by atoms with Gasteiger partial charge in [-0.15, -0.1) is 0 Å². The van der Waals surface area contributed by atoms with E-state index in [1.54, 1.807) is 14.2 Å². The molecule has 1 saturated heterocycles. The number of ether oxygens (including phenoxy) is 3. The maximum absolute atomic E-state index is 6.31. The molecule has 2 aliphatic rings. The number of hydrogen-bond acceptors (Lipinski definition) is 5. The van der Waals surface area contributed by atoms with Crippen LogP contribution < -0.4 is 24.8 Å². The summed E-state index contributed by atoms with van der Waals surface area (Å²) in [6.07, 6.45) is 6.32. The largest absolute Gasteiger partial charge is 0.497 e. The summed E-state index contributed by atoms with van der Waals surface area (Å²) in [7, 11) is 3.42. The number of hydrogen-bond donors (Lipinski definition) is 2. The van der Waals surface area contributed by atoms with Crippen LogP contribution in [0.2, 0.25) is 0 Å². The number of methoxy groups -OCH3 is 2. The third-order valence-corrected chi connectivity index (χ3v) is 6.38. The highest BCUT2D eigenvalue weighted by molar-refractivity contribution is 5.47. The number of nitrogens with one attached hydrogen (secondary N) is 2. The Morgan fingerprint density at radius 2 is 1.73 bits per heavy atom. The van der Waals surface area contributed by atoms with Crippen LogP contribution in [0.5, 0.6) is 17.2 Å². The van der Waals surface area contributed by atoms with Gasteiger partial charge >= 0.3 is 0 Å². The lowest BCUT2D eigenvalue weighted by Crippen LogP contribution is -2.38. The highest BCUT2D eigenvalue weighted by Crippen LogP contribution is 2.36. The zero-order valence-electron chi connectivity index (χ0n) is 18.2. The number of piperidine rings is 1. The van der Waals surface area contributed by atoms with Crippen molar-refractivity contribution >= 4 is 5.69 Å². The van der Waals surface area contributed by atoms with Crippen LogP contribution in [0.25, 0.3) is 0 Å². The second kappa shape index (κ2) is 10.1. The van der Waals surface area contributed by atoms with Gasteiger partial charge in [0.05, 0.1) is 20.3 Å². The second-order valence-corrected chi connectivity index (χ2v) is 8.50. The Hall–Kier alpha value is -2.40. The molecular formula is C25H34N2O3. The Morgan fingerprint density at radius 1 is 0.933 bits per heavy atom. The van der Waals surface area contributed by atoms with E-state index in [-0.39, 0.29) is 0 Å². The molecule has 0 aromatic heterocycles. The molecular weight excluding hydrogens is 376 g/mol. The first-order valence-electron chi connectivity index (χ1n) is 11.2. The number of anilines is 1. The van der Waals surface area contributed by atoms with Crippen LogP contribution in [0, 0.1) is 5.92 Å². The van der Waals surface area contributed by atoms with Gasteiger partial charge in [-0.1, -0.05) is 6.07 Å². The molecule has 2 atom stereocenters. The Balaban J connectivity index is 1.38. The molecule has 0 amide bonds. The molecule has 1 aliphatic carbocycles. The van der Waals surface area contributed by atoms with Crippen molar-refractivity contribution in [3.8, 4) is 17.2 Å². The van der Waals surface area contributed by atoms with E-state index in [4.69, 9.17) is 14.2 Å². The van der Waals surface area contributed by atoms with E-state index in [9.17, 15) is 0 Å². The van der Waals surface area contributed by atoms with Crippen molar-refractivity contribution in [1.82, 2.24) is 5.32 Å². The van der Waals surface area contributed by atoms with Gasteiger partial charge in [0.2, 0.25) is 0 Å². The van der Waals surface area contributed by atoms with Gasteiger partial charge in [0.15, 0.2) is 11.5 Å². The van der Waals surface area contributed by atoms with Crippen molar-refractivity contribution in [1.29, 1.82) is 0 Å². The number of rotatable bonds is 8. The van der Waals surface area contributed by atoms with E-state index >= 15 is 0 Å². The summed E-state index contributed by atoms with van der Waals surface area (Å²) in [4.78, 5) is 0. The first kappa shape index (κ1) is 20.9. The van der Waals surface area contributed by atoms with E-state index in [1.165, 1.54) is 18.4 Å². The normalized spacial score (nSPS) is 21.9. The van der Waals surface area contributed by atoms with Crippen molar-refractivity contribution in [2.75, 3.05) is 39.2 Å². The highest BCUT2D eigenvalue weighted by atomic mass is 16.5. The molecule has 1 heterocycles. The van der Waals surface area contributed by atoms with Gasteiger partial charge in [-0.2, -0.15) is 0 Å². The van der Waals surface area contributed by atoms with Gasteiger partial charge < -0.3 is 24.8 Å². The summed E-state index contributed by atoms with van der Waals surface area (Å²) in [6.45, 7) is 3.01. The predicted octanol–water partition coefficient (Wildman–Crippen LogP) is 4.83. The summed E-state index contributed by atoms with van der Waals surface area (Å²) >= 11 is 0. The van der Waals surface area contributed by atoms with E-state index in [0.29, 0.717) is 17.9 Å². The Kier molecular flexibility index (Phi) is 7.00. The molecule has 0 unspecified atom stereocenters. The Bertz CT molecular complexity index is 803. The fraction of sp³-hybridized carbons (Fsp3) is 0.520. The average molecular weight is 411 g/mol. The summed E-state index contributed by atoms with van der Waals surface area (Å²) in [5.41, 5.74) is 2.47. The molecule has 2 aromatic carbocycles. The number of benzene rings is 2. The average Bonchev–Trinajstić information content (AvgIpc) is 3.31. The maximum atomic E-state index is 6.31. The summed E-state index contributed by atoms with van der Waals surface area (Å²) in [5.74, 6) is 3.69. The second-order valence-electron chi connectivity index (χ2n) is 8.50. The van der Waals surface area contributed by atoms with Crippen molar-refractivity contribution in [3.05, 3.63) is 48.0 Å². The summed E-state index contributed by atoms with van der Waals surface area (Å²) in [6, 6.07) is 14.6. The fourth-order valence-electron chi connectivity index (χ4n) is 4.64. The minimum Gasteiger partial charge on any atom is -0.497 e. The van der Waals surface area contributed by atoms with Crippen molar-refractivity contribution < 1.29 is 14.2 Å². The van der Waals surface area contributed by atoms with Crippen LogP contribution in [0.1, 0.15) is 43.6 Å². The lowest BCUT2D eigenvalue weighted by atomic mass is 9.85. The van der Waals surface area contributed by atoms with Gasteiger partial charge in [0, 0.05) is 18.8 Å². The highest BCUT2D eigenvalue weighted by Gasteiger charge is 2.25. The SMILES string of the molecule is COc1ccc(NC[C@@H]2CNC[C@H](c3ccc(OC)c(OC4CCCC4)c3)C2)cc1. The smallest absolute Gasteiger partial charge is 0.161 e. The minimum atomic E-state index is 0.333. The minimum absolute atomic E-state index is 0.333. The molecule has 2 N–H and O–H groups in total. The molecule has 1 aliphatic heterocycles. The van der Waals surface area contributed by atoms with Gasteiger partial charge in [-0.3, -0.25) is 0 Å². The van der Waals surface area contributed by atoms with Crippen LogP contribution in [-0.2, 0) is 0 Å². The lowest BCUT2D eigenvalue weighted by Gasteiger charge is -2.31. The lowest BCUT2D eigenvalue weighted by molar-refractivity contribution is 0.200. The van der Waals surface area contributed by atoms with Crippen LogP contribution in [0.15, 0.2) is 42.5 Å². The molecule has 162 valence electrons. The Morgan fingerprint density at radius 3 is 2.47 bits per heavy atom. The molecule has 5 heteroatoms. The molecule has 2 fully saturated rings. The van der Waals surface area contributed by atoms with E-state index in [1.807, 2.05) is 12.1 Å². The van der Waals surface area contributed by atoms with E-state index < -0.39 is 0 Å². The molecule has 0 bridgehead atoms. The predicted molar refractivity (Wildman–Crippen MR) is 121 cm³/mol. The quantitative estimate of drug-likeness (QED) is 0.653. The molecule has 0 radical (unpaired) electrons. The first-order chi connectivity index (χ1) is 14.7. The molecule has 4 rings (SSSR count). The maximum Gasteiger partial charge on any atom is 0.161 e.